The van der Waals surface area contributed by atoms with Crippen LogP contribution in [0.4, 0.5) is 0 Å². The number of rotatable bonds is 5. The van der Waals surface area contributed by atoms with Gasteiger partial charge in [0.15, 0.2) is 0 Å². The molecule has 1 saturated heterocycles. The molecule has 1 aliphatic heterocycles. The molecule has 0 radical (unpaired) electrons. The van der Waals surface area contributed by atoms with Crippen LogP contribution in [-0.2, 0) is 29.1 Å². The first-order chi connectivity index (χ1) is 11.6. The van der Waals surface area contributed by atoms with Crippen molar-refractivity contribution in [3.05, 3.63) is 53.9 Å². The van der Waals surface area contributed by atoms with E-state index in [-0.39, 0.29) is 18.4 Å². The first kappa shape index (κ1) is 16.2. The molecule has 0 aliphatic carbocycles. The fourth-order valence-corrected chi connectivity index (χ4v) is 3.01. The predicted molar refractivity (Wildman–Crippen MR) is 90.0 cm³/mol. The number of likely N-dealkylation sites (N-methyl/N-ethyl adjacent to an activating group) is 1. The lowest BCUT2D eigenvalue weighted by molar-refractivity contribution is -0.155. The number of aromatic nitrogens is 2. The van der Waals surface area contributed by atoms with Gasteiger partial charge >= 0.3 is 0 Å². The molecule has 6 nitrogen and oxygen atoms in total. The zero-order valence-electron chi connectivity index (χ0n) is 14.1. The van der Waals surface area contributed by atoms with Gasteiger partial charge in [-0.1, -0.05) is 30.3 Å². The first-order valence-corrected chi connectivity index (χ1v) is 8.19. The normalized spacial score (nSPS) is 18.3. The van der Waals surface area contributed by atoms with Gasteiger partial charge in [0, 0.05) is 26.2 Å². The molecule has 126 valence electrons. The van der Waals surface area contributed by atoms with E-state index in [9.17, 15) is 9.59 Å². The highest BCUT2D eigenvalue weighted by Crippen LogP contribution is 2.19. The van der Waals surface area contributed by atoms with Crippen molar-refractivity contribution in [2.24, 2.45) is 0 Å². The Morgan fingerprint density at radius 1 is 1.17 bits per heavy atom. The van der Waals surface area contributed by atoms with Crippen LogP contribution in [-0.4, -0.2) is 51.0 Å². The van der Waals surface area contributed by atoms with Crippen LogP contribution in [0.2, 0.25) is 0 Å². The SMILES string of the molecule is CCn1ccc(CN2C(=O)CN(C)C(=O)[C@H]2Cc2ccccc2)n1. The topological polar surface area (TPSA) is 58.4 Å². The Balaban J connectivity index is 1.84. The molecular weight excluding hydrogens is 304 g/mol. The molecule has 24 heavy (non-hydrogen) atoms. The van der Waals surface area contributed by atoms with Crippen LogP contribution in [0.3, 0.4) is 0 Å². The van der Waals surface area contributed by atoms with Crippen molar-refractivity contribution in [1.29, 1.82) is 0 Å². The number of piperazine rings is 1. The maximum absolute atomic E-state index is 12.6. The highest BCUT2D eigenvalue weighted by molar-refractivity contribution is 5.94. The fraction of sp³-hybridized carbons (Fsp3) is 0.389. The maximum atomic E-state index is 12.6. The van der Waals surface area contributed by atoms with Gasteiger partial charge in [0.25, 0.3) is 0 Å². The Morgan fingerprint density at radius 3 is 2.58 bits per heavy atom. The highest BCUT2D eigenvalue weighted by Gasteiger charge is 2.37. The lowest BCUT2D eigenvalue weighted by Gasteiger charge is -2.38. The predicted octanol–water partition coefficient (Wildman–Crippen LogP) is 1.31. The van der Waals surface area contributed by atoms with Gasteiger partial charge in [0.05, 0.1) is 18.8 Å². The third-order valence-corrected chi connectivity index (χ3v) is 4.35. The molecule has 1 aromatic carbocycles. The second-order valence-corrected chi connectivity index (χ2v) is 6.08. The van der Waals surface area contributed by atoms with Crippen LogP contribution in [0.5, 0.6) is 0 Å². The largest absolute Gasteiger partial charge is 0.335 e. The highest BCUT2D eigenvalue weighted by atomic mass is 16.2. The Morgan fingerprint density at radius 2 is 1.92 bits per heavy atom. The molecular formula is C18H22N4O2. The summed E-state index contributed by atoms with van der Waals surface area (Å²) in [4.78, 5) is 28.3. The number of hydrogen-bond donors (Lipinski definition) is 0. The zero-order valence-corrected chi connectivity index (χ0v) is 14.1. The molecule has 0 spiro atoms. The summed E-state index contributed by atoms with van der Waals surface area (Å²) in [6.07, 6.45) is 2.41. The van der Waals surface area contributed by atoms with E-state index in [0.717, 1.165) is 17.8 Å². The van der Waals surface area contributed by atoms with Crippen molar-refractivity contribution >= 4 is 11.8 Å². The second-order valence-electron chi connectivity index (χ2n) is 6.08. The summed E-state index contributed by atoms with van der Waals surface area (Å²) in [5.74, 6) is -0.0579. The van der Waals surface area contributed by atoms with Crippen LogP contribution >= 0.6 is 0 Å². The summed E-state index contributed by atoms with van der Waals surface area (Å²) in [5, 5.41) is 4.44. The molecule has 1 fully saturated rings. The Kier molecular flexibility index (Phi) is 4.64. The van der Waals surface area contributed by atoms with Crippen LogP contribution in [0.15, 0.2) is 42.6 Å². The summed E-state index contributed by atoms with van der Waals surface area (Å²) in [6, 6.07) is 11.2. The molecule has 2 heterocycles. The third kappa shape index (κ3) is 3.32. The maximum Gasteiger partial charge on any atom is 0.245 e. The number of hydrogen-bond acceptors (Lipinski definition) is 3. The molecule has 2 amide bonds. The molecule has 1 atom stereocenters. The number of carbonyl (C=O) groups is 2. The molecule has 0 N–H and O–H groups in total. The van der Waals surface area contributed by atoms with Crippen molar-refractivity contribution in [2.75, 3.05) is 13.6 Å². The number of aryl methyl sites for hydroxylation is 1. The van der Waals surface area contributed by atoms with Gasteiger partial charge in [-0.15, -0.1) is 0 Å². The van der Waals surface area contributed by atoms with Gasteiger partial charge in [-0.2, -0.15) is 5.10 Å². The number of benzene rings is 1. The van der Waals surface area contributed by atoms with E-state index in [0.29, 0.717) is 13.0 Å². The Hall–Kier alpha value is -2.63. The quantitative estimate of drug-likeness (QED) is 0.832. The molecule has 1 aliphatic rings. The van der Waals surface area contributed by atoms with Crippen molar-refractivity contribution < 1.29 is 9.59 Å². The number of carbonyl (C=O) groups excluding carboxylic acids is 2. The number of nitrogens with zero attached hydrogens (tertiary/aromatic N) is 4. The molecule has 0 unspecified atom stereocenters. The summed E-state index contributed by atoms with van der Waals surface area (Å²) in [6.45, 7) is 3.28. The zero-order chi connectivity index (χ0) is 17.1. The van der Waals surface area contributed by atoms with Crippen molar-refractivity contribution in [1.82, 2.24) is 19.6 Å². The second kappa shape index (κ2) is 6.86. The minimum Gasteiger partial charge on any atom is -0.335 e. The number of amides is 2. The molecule has 2 aromatic rings. The van der Waals surface area contributed by atoms with E-state index < -0.39 is 6.04 Å². The van der Waals surface area contributed by atoms with Gasteiger partial charge in [-0.25, -0.2) is 0 Å². The van der Waals surface area contributed by atoms with Crippen LogP contribution < -0.4 is 0 Å². The standard InChI is InChI=1S/C18H22N4O2/c1-3-21-10-9-15(19-21)12-22-16(11-14-7-5-4-6-8-14)18(24)20(2)13-17(22)23/h4-10,16H,3,11-13H2,1-2H3/t16-/m1/s1. The van der Waals surface area contributed by atoms with E-state index >= 15 is 0 Å². The molecule has 6 heteroatoms. The lowest BCUT2D eigenvalue weighted by atomic mass is 10.0. The van der Waals surface area contributed by atoms with Gasteiger partial charge < -0.3 is 9.80 Å². The first-order valence-electron chi connectivity index (χ1n) is 8.19. The van der Waals surface area contributed by atoms with Crippen LogP contribution in [0.1, 0.15) is 18.2 Å². The smallest absolute Gasteiger partial charge is 0.245 e. The minimum atomic E-state index is -0.481. The fourth-order valence-electron chi connectivity index (χ4n) is 3.01. The summed E-state index contributed by atoms with van der Waals surface area (Å²) in [7, 11) is 1.68. The summed E-state index contributed by atoms with van der Waals surface area (Å²) < 4.78 is 1.82. The van der Waals surface area contributed by atoms with Crippen LogP contribution in [0.25, 0.3) is 0 Å². The van der Waals surface area contributed by atoms with E-state index in [4.69, 9.17) is 0 Å². The molecule has 0 saturated carbocycles. The van der Waals surface area contributed by atoms with E-state index in [1.807, 2.05) is 54.2 Å². The van der Waals surface area contributed by atoms with Gasteiger partial charge in [0.1, 0.15) is 6.04 Å². The van der Waals surface area contributed by atoms with Gasteiger partial charge in [-0.05, 0) is 18.6 Å². The molecule has 0 bridgehead atoms. The van der Waals surface area contributed by atoms with E-state index in [1.54, 1.807) is 11.9 Å². The monoisotopic (exact) mass is 326 g/mol. The minimum absolute atomic E-state index is 0.0200. The van der Waals surface area contributed by atoms with Gasteiger partial charge in [-0.3, -0.25) is 14.3 Å². The molecule has 1 aromatic heterocycles. The van der Waals surface area contributed by atoms with Crippen molar-refractivity contribution in [3.63, 3.8) is 0 Å². The average Bonchev–Trinajstić information content (AvgIpc) is 3.04. The third-order valence-electron chi connectivity index (χ3n) is 4.35. The average molecular weight is 326 g/mol. The summed E-state index contributed by atoms with van der Waals surface area (Å²) >= 11 is 0. The lowest BCUT2D eigenvalue weighted by Crippen LogP contribution is -2.59. The molecule has 3 rings (SSSR count). The van der Waals surface area contributed by atoms with Gasteiger partial charge in [0.2, 0.25) is 11.8 Å². The summed E-state index contributed by atoms with van der Waals surface area (Å²) in [5.41, 5.74) is 1.85. The van der Waals surface area contributed by atoms with Crippen LogP contribution in [0, 0.1) is 0 Å². The Labute approximate surface area is 141 Å². The van der Waals surface area contributed by atoms with Crippen molar-refractivity contribution in [3.8, 4) is 0 Å². The van der Waals surface area contributed by atoms with E-state index in [1.165, 1.54) is 4.90 Å². The van der Waals surface area contributed by atoms with Crippen molar-refractivity contribution in [2.45, 2.75) is 32.5 Å². The van der Waals surface area contributed by atoms with E-state index in [2.05, 4.69) is 5.10 Å². The Bertz CT molecular complexity index is 726.